The standard InChI is InChI=1S/C18H22F3N3O3/c1-11(12-6-4-7-13(10-12)18(19,20)21)22-14(25)8-5-9-24-15(26)17(2,3)23-16(24)27/h4,6-7,10-11H,5,8-9H2,1-3H3,(H,22,25)(H,23,27). The number of nitrogens with zero attached hydrogens (tertiary/aromatic N) is 1. The van der Waals surface area contributed by atoms with Crippen molar-refractivity contribution >= 4 is 17.8 Å². The summed E-state index contributed by atoms with van der Waals surface area (Å²) in [6.07, 6.45) is -4.15. The summed E-state index contributed by atoms with van der Waals surface area (Å²) in [4.78, 5) is 36.9. The van der Waals surface area contributed by atoms with Gasteiger partial charge in [0.1, 0.15) is 5.54 Å². The Balaban J connectivity index is 1.86. The fourth-order valence-electron chi connectivity index (χ4n) is 2.80. The largest absolute Gasteiger partial charge is 0.416 e. The van der Waals surface area contributed by atoms with Gasteiger partial charge in [-0.25, -0.2) is 4.79 Å². The molecular formula is C18H22F3N3O3. The molecule has 0 saturated carbocycles. The fraction of sp³-hybridized carbons (Fsp3) is 0.500. The Morgan fingerprint density at radius 2 is 1.96 bits per heavy atom. The maximum Gasteiger partial charge on any atom is 0.416 e. The summed E-state index contributed by atoms with van der Waals surface area (Å²) in [5.41, 5.74) is -1.39. The van der Waals surface area contributed by atoms with Crippen LogP contribution in [0, 0.1) is 0 Å². The van der Waals surface area contributed by atoms with Crippen molar-refractivity contribution in [2.45, 2.75) is 51.4 Å². The Labute approximate surface area is 155 Å². The molecule has 0 aromatic heterocycles. The van der Waals surface area contributed by atoms with Crippen LogP contribution in [0.15, 0.2) is 24.3 Å². The number of carbonyl (C=O) groups is 3. The zero-order valence-corrected chi connectivity index (χ0v) is 15.3. The molecule has 0 bridgehead atoms. The van der Waals surface area contributed by atoms with Gasteiger partial charge in [-0.2, -0.15) is 13.2 Å². The molecule has 1 unspecified atom stereocenters. The number of hydrogen-bond acceptors (Lipinski definition) is 3. The number of rotatable bonds is 6. The fourth-order valence-corrected chi connectivity index (χ4v) is 2.80. The maximum atomic E-state index is 12.8. The minimum atomic E-state index is -4.45. The molecule has 1 saturated heterocycles. The summed E-state index contributed by atoms with van der Waals surface area (Å²) >= 11 is 0. The lowest BCUT2D eigenvalue weighted by Crippen LogP contribution is -2.40. The van der Waals surface area contributed by atoms with Crippen LogP contribution in [0.4, 0.5) is 18.0 Å². The lowest BCUT2D eigenvalue weighted by atomic mass is 10.0. The molecule has 4 amide bonds. The second-order valence-electron chi connectivity index (χ2n) is 7.03. The molecule has 0 radical (unpaired) electrons. The van der Waals surface area contributed by atoms with E-state index < -0.39 is 29.4 Å². The second kappa shape index (κ2) is 7.58. The molecule has 2 N–H and O–H groups in total. The highest BCUT2D eigenvalue weighted by molar-refractivity contribution is 6.06. The summed E-state index contributed by atoms with van der Waals surface area (Å²) in [6.45, 7) is 4.88. The summed E-state index contributed by atoms with van der Waals surface area (Å²) < 4.78 is 38.3. The van der Waals surface area contributed by atoms with Crippen molar-refractivity contribution in [3.05, 3.63) is 35.4 Å². The first-order valence-corrected chi connectivity index (χ1v) is 8.52. The van der Waals surface area contributed by atoms with Crippen LogP contribution in [-0.4, -0.2) is 34.8 Å². The van der Waals surface area contributed by atoms with Crippen LogP contribution in [-0.2, 0) is 15.8 Å². The van der Waals surface area contributed by atoms with Crippen LogP contribution in [0.25, 0.3) is 0 Å². The highest BCUT2D eigenvalue weighted by atomic mass is 19.4. The van der Waals surface area contributed by atoms with Crippen molar-refractivity contribution in [3.8, 4) is 0 Å². The molecule has 1 aliphatic rings. The number of nitrogens with one attached hydrogen (secondary N) is 2. The molecule has 2 rings (SSSR count). The van der Waals surface area contributed by atoms with Crippen molar-refractivity contribution in [1.82, 2.24) is 15.5 Å². The van der Waals surface area contributed by atoms with E-state index in [4.69, 9.17) is 0 Å². The number of hydrogen-bond donors (Lipinski definition) is 2. The second-order valence-corrected chi connectivity index (χ2v) is 7.03. The molecule has 1 aliphatic heterocycles. The molecule has 1 heterocycles. The molecule has 6 nitrogen and oxygen atoms in total. The quantitative estimate of drug-likeness (QED) is 0.739. The number of amides is 4. The van der Waals surface area contributed by atoms with Gasteiger partial charge in [-0.05, 0) is 44.9 Å². The van der Waals surface area contributed by atoms with Gasteiger partial charge in [-0.3, -0.25) is 14.5 Å². The zero-order valence-electron chi connectivity index (χ0n) is 15.3. The Morgan fingerprint density at radius 3 is 2.52 bits per heavy atom. The predicted molar refractivity (Wildman–Crippen MR) is 91.6 cm³/mol. The Bertz CT molecular complexity index is 747. The highest BCUT2D eigenvalue weighted by Gasteiger charge is 2.43. The van der Waals surface area contributed by atoms with Gasteiger partial charge in [0.25, 0.3) is 5.91 Å². The monoisotopic (exact) mass is 385 g/mol. The van der Waals surface area contributed by atoms with Gasteiger partial charge in [-0.1, -0.05) is 12.1 Å². The first-order chi connectivity index (χ1) is 12.4. The molecule has 148 valence electrons. The predicted octanol–water partition coefficient (Wildman–Crippen LogP) is 2.99. The summed E-state index contributed by atoms with van der Waals surface area (Å²) in [6, 6.07) is 3.67. The van der Waals surface area contributed by atoms with Gasteiger partial charge in [0.05, 0.1) is 11.6 Å². The van der Waals surface area contributed by atoms with Crippen molar-refractivity contribution < 1.29 is 27.6 Å². The van der Waals surface area contributed by atoms with E-state index in [1.807, 2.05) is 0 Å². The van der Waals surface area contributed by atoms with Gasteiger partial charge in [0, 0.05) is 13.0 Å². The topological polar surface area (TPSA) is 78.5 Å². The van der Waals surface area contributed by atoms with E-state index in [2.05, 4.69) is 10.6 Å². The average Bonchev–Trinajstić information content (AvgIpc) is 2.75. The van der Waals surface area contributed by atoms with Crippen LogP contribution in [0.1, 0.15) is 50.8 Å². The first kappa shape index (κ1) is 20.7. The average molecular weight is 385 g/mol. The van der Waals surface area contributed by atoms with Gasteiger partial charge >= 0.3 is 12.2 Å². The number of imide groups is 1. The summed E-state index contributed by atoms with van der Waals surface area (Å²) in [5.74, 6) is -0.725. The third-order valence-corrected chi connectivity index (χ3v) is 4.32. The van der Waals surface area contributed by atoms with E-state index in [-0.39, 0.29) is 31.2 Å². The lowest BCUT2D eigenvalue weighted by Gasteiger charge is -2.17. The van der Waals surface area contributed by atoms with E-state index in [1.165, 1.54) is 12.1 Å². The molecule has 1 aromatic rings. The van der Waals surface area contributed by atoms with Crippen LogP contribution >= 0.6 is 0 Å². The number of urea groups is 1. The molecule has 0 aliphatic carbocycles. The van der Waals surface area contributed by atoms with Crippen molar-refractivity contribution in [2.75, 3.05) is 6.54 Å². The highest BCUT2D eigenvalue weighted by Crippen LogP contribution is 2.30. The molecule has 1 aromatic carbocycles. The van der Waals surface area contributed by atoms with Gasteiger partial charge < -0.3 is 10.6 Å². The first-order valence-electron chi connectivity index (χ1n) is 8.52. The van der Waals surface area contributed by atoms with Crippen LogP contribution in [0.3, 0.4) is 0 Å². The molecule has 0 spiro atoms. The van der Waals surface area contributed by atoms with Crippen molar-refractivity contribution in [1.29, 1.82) is 0 Å². The van der Waals surface area contributed by atoms with Crippen LogP contribution < -0.4 is 10.6 Å². The number of halogens is 3. The SMILES string of the molecule is CC(NC(=O)CCCN1C(=O)NC(C)(C)C1=O)c1cccc(C(F)(F)F)c1. The summed E-state index contributed by atoms with van der Waals surface area (Å²) in [5, 5.41) is 5.18. The minimum absolute atomic E-state index is 0.0425. The Hall–Kier alpha value is -2.58. The van der Waals surface area contributed by atoms with Crippen molar-refractivity contribution in [2.24, 2.45) is 0 Å². The number of carbonyl (C=O) groups excluding carboxylic acids is 3. The van der Waals surface area contributed by atoms with Gasteiger partial charge in [0.2, 0.25) is 5.91 Å². The minimum Gasteiger partial charge on any atom is -0.350 e. The number of benzene rings is 1. The smallest absolute Gasteiger partial charge is 0.350 e. The third-order valence-electron chi connectivity index (χ3n) is 4.32. The number of alkyl halides is 3. The van der Waals surface area contributed by atoms with Crippen LogP contribution in [0.2, 0.25) is 0 Å². The van der Waals surface area contributed by atoms with E-state index in [9.17, 15) is 27.6 Å². The van der Waals surface area contributed by atoms with Gasteiger partial charge in [-0.15, -0.1) is 0 Å². The van der Waals surface area contributed by atoms with Gasteiger partial charge in [0.15, 0.2) is 0 Å². The third kappa shape index (κ3) is 4.99. The molecule has 27 heavy (non-hydrogen) atoms. The van der Waals surface area contributed by atoms with E-state index >= 15 is 0 Å². The molecule has 1 atom stereocenters. The van der Waals surface area contributed by atoms with E-state index in [1.54, 1.807) is 20.8 Å². The normalized spacial score (nSPS) is 17.6. The Morgan fingerprint density at radius 1 is 1.30 bits per heavy atom. The Kier molecular flexibility index (Phi) is 5.82. The van der Waals surface area contributed by atoms with Crippen LogP contribution in [0.5, 0.6) is 0 Å². The van der Waals surface area contributed by atoms with E-state index in [0.717, 1.165) is 17.0 Å². The zero-order chi connectivity index (χ0) is 20.4. The molecule has 9 heteroatoms. The van der Waals surface area contributed by atoms with Crippen molar-refractivity contribution in [3.63, 3.8) is 0 Å². The summed E-state index contributed by atoms with van der Waals surface area (Å²) in [7, 11) is 0. The lowest BCUT2D eigenvalue weighted by molar-refractivity contribution is -0.137. The molecular weight excluding hydrogens is 363 g/mol. The molecule has 1 fully saturated rings. The maximum absolute atomic E-state index is 12.8. The van der Waals surface area contributed by atoms with E-state index in [0.29, 0.717) is 5.56 Å².